The van der Waals surface area contributed by atoms with Crippen LogP contribution in [0.1, 0.15) is 17.0 Å². The molecule has 1 atom stereocenters. The molecule has 1 aromatic heterocycles. The van der Waals surface area contributed by atoms with Crippen LogP contribution in [-0.2, 0) is 16.0 Å². The smallest absolute Gasteiger partial charge is 0.313 e. The van der Waals surface area contributed by atoms with E-state index in [-0.39, 0.29) is 5.56 Å². The van der Waals surface area contributed by atoms with Crippen LogP contribution in [0.5, 0.6) is 0 Å². The zero-order valence-corrected chi connectivity index (χ0v) is 12.5. The second kappa shape index (κ2) is 6.52. The molecular formula is C15H14BrNO3. The van der Waals surface area contributed by atoms with Gasteiger partial charge in [0.25, 0.3) is 5.56 Å². The van der Waals surface area contributed by atoms with Gasteiger partial charge in [0.15, 0.2) is 0 Å². The van der Waals surface area contributed by atoms with Gasteiger partial charge in [0.2, 0.25) is 0 Å². The summed E-state index contributed by atoms with van der Waals surface area (Å²) in [6, 6.07) is 11.2. The standard InChI is InChI=1S/C15H14BrNO3/c1-20-15(19)11(9-10-5-3-2-4-6-10)13-12(16)7-8-17-14(13)18/h2-8,11H,9H2,1H3,(H,17,18). The molecule has 2 rings (SSSR count). The van der Waals surface area contributed by atoms with Crippen molar-refractivity contribution in [2.45, 2.75) is 12.3 Å². The lowest BCUT2D eigenvalue weighted by atomic mass is 9.93. The molecule has 0 spiro atoms. The minimum atomic E-state index is -0.637. The van der Waals surface area contributed by atoms with Crippen LogP contribution in [-0.4, -0.2) is 18.1 Å². The maximum atomic E-state index is 12.0. The minimum absolute atomic E-state index is 0.286. The number of pyridine rings is 1. The van der Waals surface area contributed by atoms with Crippen LogP contribution >= 0.6 is 15.9 Å². The number of esters is 1. The average Bonchev–Trinajstić information content (AvgIpc) is 2.46. The Bertz CT molecular complexity index is 652. The highest BCUT2D eigenvalue weighted by atomic mass is 79.9. The number of carbonyl (C=O) groups excluding carboxylic acids is 1. The fraction of sp³-hybridized carbons (Fsp3) is 0.200. The second-order valence-corrected chi connectivity index (χ2v) is 5.19. The maximum Gasteiger partial charge on any atom is 0.313 e. The van der Waals surface area contributed by atoms with Crippen LogP contribution in [0.15, 0.2) is 51.9 Å². The van der Waals surface area contributed by atoms with E-state index in [9.17, 15) is 9.59 Å². The lowest BCUT2D eigenvalue weighted by molar-refractivity contribution is -0.142. The zero-order chi connectivity index (χ0) is 14.5. The molecule has 0 aliphatic rings. The monoisotopic (exact) mass is 335 g/mol. The highest BCUT2D eigenvalue weighted by Crippen LogP contribution is 2.25. The summed E-state index contributed by atoms with van der Waals surface area (Å²) in [6.07, 6.45) is 1.95. The largest absolute Gasteiger partial charge is 0.469 e. The van der Waals surface area contributed by atoms with Gasteiger partial charge in [-0.05, 0) is 18.1 Å². The summed E-state index contributed by atoms with van der Waals surface area (Å²) in [5.74, 6) is -1.06. The number of methoxy groups -OCH3 is 1. The van der Waals surface area contributed by atoms with Crippen molar-refractivity contribution in [2.24, 2.45) is 0 Å². The topological polar surface area (TPSA) is 59.2 Å². The molecule has 5 heteroatoms. The first kappa shape index (κ1) is 14.5. The van der Waals surface area contributed by atoms with E-state index in [1.54, 1.807) is 6.07 Å². The van der Waals surface area contributed by atoms with Crippen LogP contribution in [0.25, 0.3) is 0 Å². The molecule has 0 amide bonds. The average molecular weight is 336 g/mol. The number of benzene rings is 1. The van der Waals surface area contributed by atoms with E-state index >= 15 is 0 Å². The van der Waals surface area contributed by atoms with Gasteiger partial charge >= 0.3 is 5.97 Å². The van der Waals surface area contributed by atoms with Crippen molar-refractivity contribution in [3.8, 4) is 0 Å². The van der Waals surface area contributed by atoms with Crippen LogP contribution in [0, 0.1) is 0 Å². The number of aromatic amines is 1. The fourth-order valence-electron chi connectivity index (χ4n) is 2.09. The van der Waals surface area contributed by atoms with Crippen LogP contribution in [0.4, 0.5) is 0 Å². The molecule has 1 N–H and O–H groups in total. The number of nitrogens with one attached hydrogen (secondary N) is 1. The Morgan fingerprint density at radius 1 is 1.30 bits per heavy atom. The molecule has 1 unspecified atom stereocenters. The van der Waals surface area contributed by atoms with Crippen molar-refractivity contribution in [1.82, 2.24) is 4.98 Å². The third-order valence-electron chi connectivity index (χ3n) is 3.06. The third kappa shape index (κ3) is 3.17. The predicted molar refractivity (Wildman–Crippen MR) is 79.7 cm³/mol. The van der Waals surface area contributed by atoms with E-state index in [2.05, 4.69) is 20.9 Å². The predicted octanol–water partition coefficient (Wildman–Crippen LogP) is 2.64. The van der Waals surface area contributed by atoms with Gasteiger partial charge in [-0.1, -0.05) is 46.3 Å². The van der Waals surface area contributed by atoms with Gasteiger partial charge in [0.05, 0.1) is 13.0 Å². The molecule has 0 aliphatic carbocycles. The molecule has 0 fully saturated rings. The quantitative estimate of drug-likeness (QED) is 0.874. The van der Waals surface area contributed by atoms with Crippen molar-refractivity contribution < 1.29 is 9.53 Å². The first-order chi connectivity index (χ1) is 9.63. The molecule has 1 aromatic carbocycles. The maximum absolute atomic E-state index is 12.0. The minimum Gasteiger partial charge on any atom is -0.469 e. The van der Waals surface area contributed by atoms with Crippen molar-refractivity contribution >= 4 is 21.9 Å². The summed E-state index contributed by atoms with van der Waals surface area (Å²) in [5, 5.41) is 0. The highest BCUT2D eigenvalue weighted by Gasteiger charge is 2.26. The van der Waals surface area contributed by atoms with E-state index in [0.29, 0.717) is 16.5 Å². The Morgan fingerprint density at radius 3 is 2.60 bits per heavy atom. The van der Waals surface area contributed by atoms with Gasteiger partial charge in [-0.15, -0.1) is 0 Å². The molecule has 1 heterocycles. The summed E-state index contributed by atoms with van der Waals surface area (Å²) in [4.78, 5) is 26.6. The Labute approximate surface area is 124 Å². The molecule has 0 radical (unpaired) electrons. The number of hydrogen-bond donors (Lipinski definition) is 1. The van der Waals surface area contributed by atoms with E-state index in [0.717, 1.165) is 5.56 Å². The SMILES string of the molecule is COC(=O)C(Cc1ccccc1)c1c(Br)cc[nH]c1=O. The Hall–Kier alpha value is -1.88. The second-order valence-electron chi connectivity index (χ2n) is 4.33. The van der Waals surface area contributed by atoms with E-state index < -0.39 is 11.9 Å². The molecule has 0 saturated heterocycles. The van der Waals surface area contributed by atoms with Gasteiger partial charge < -0.3 is 9.72 Å². The summed E-state index contributed by atoms with van der Waals surface area (Å²) in [6.45, 7) is 0. The molecule has 20 heavy (non-hydrogen) atoms. The number of carbonyl (C=O) groups is 1. The molecule has 104 valence electrons. The lowest BCUT2D eigenvalue weighted by Crippen LogP contribution is -2.25. The Kier molecular flexibility index (Phi) is 4.74. The third-order valence-corrected chi connectivity index (χ3v) is 3.75. The summed E-state index contributed by atoms with van der Waals surface area (Å²) in [7, 11) is 1.32. The van der Waals surface area contributed by atoms with E-state index in [4.69, 9.17) is 4.74 Å². The number of ether oxygens (including phenoxy) is 1. The number of rotatable bonds is 4. The molecule has 0 bridgehead atoms. The first-order valence-corrected chi connectivity index (χ1v) is 6.91. The van der Waals surface area contributed by atoms with Crippen molar-refractivity contribution in [3.05, 3.63) is 68.5 Å². The normalized spacial score (nSPS) is 11.9. The number of halogens is 1. The fourth-order valence-corrected chi connectivity index (χ4v) is 2.68. The van der Waals surface area contributed by atoms with Gasteiger partial charge in [0, 0.05) is 16.2 Å². The van der Waals surface area contributed by atoms with Crippen LogP contribution in [0.2, 0.25) is 0 Å². The Morgan fingerprint density at radius 2 is 2.00 bits per heavy atom. The lowest BCUT2D eigenvalue weighted by Gasteiger charge is -2.15. The van der Waals surface area contributed by atoms with Gasteiger partial charge in [-0.25, -0.2) is 0 Å². The summed E-state index contributed by atoms with van der Waals surface area (Å²) in [5.41, 5.74) is 1.08. The Balaban J connectivity index is 2.43. The number of hydrogen-bond acceptors (Lipinski definition) is 3. The summed E-state index contributed by atoms with van der Waals surface area (Å²) < 4.78 is 5.44. The first-order valence-electron chi connectivity index (χ1n) is 6.12. The molecule has 4 nitrogen and oxygen atoms in total. The molecular weight excluding hydrogens is 322 g/mol. The van der Waals surface area contributed by atoms with E-state index in [1.807, 2.05) is 30.3 Å². The highest BCUT2D eigenvalue weighted by molar-refractivity contribution is 9.10. The van der Waals surface area contributed by atoms with Crippen molar-refractivity contribution in [2.75, 3.05) is 7.11 Å². The van der Waals surface area contributed by atoms with Crippen molar-refractivity contribution in [3.63, 3.8) is 0 Å². The summed E-state index contributed by atoms with van der Waals surface area (Å²) >= 11 is 3.33. The van der Waals surface area contributed by atoms with Gasteiger partial charge in [-0.3, -0.25) is 9.59 Å². The number of aromatic nitrogens is 1. The molecule has 0 saturated carbocycles. The zero-order valence-electron chi connectivity index (χ0n) is 10.9. The van der Waals surface area contributed by atoms with Crippen LogP contribution < -0.4 is 5.56 Å². The van der Waals surface area contributed by atoms with E-state index in [1.165, 1.54) is 13.3 Å². The van der Waals surface area contributed by atoms with Crippen molar-refractivity contribution in [1.29, 1.82) is 0 Å². The molecule has 0 aliphatic heterocycles. The molecule has 2 aromatic rings. The van der Waals surface area contributed by atoms with Gasteiger partial charge in [-0.2, -0.15) is 0 Å². The number of H-pyrrole nitrogens is 1. The van der Waals surface area contributed by atoms with Crippen LogP contribution in [0.3, 0.4) is 0 Å². The van der Waals surface area contributed by atoms with Gasteiger partial charge in [0.1, 0.15) is 0 Å².